The second kappa shape index (κ2) is 6.64. The average Bonchev–Trinajstić information content (AvgIpc) is 2.81. The van der Waals surface area contributed by atoms with Crippen LogP contribution < -0.4 is 0 Å². The van der Waals surface area contributed by atoms with Crippen molar-refractivity contribution < 1.29 is 9.53 Å². The Bertz CT molecular complexity index is 390. The number of carbonyl (C=O) groups excluding carboxylic acids is 1. The summed E-state index contributed by atoms with van der Waals surface area (Å²) < 4.78 is 4.78. The molecule has 20 heavy (non-hydrogen) atoms. The fraction of sp³-hybridized carbons (Fsp3) is 0.824. The third kappa shape index (κ3) is 2.98. The van der Waals surface area contributed by atoms with Crippen LogP contribution in [-0.4, -0.2) is 13.1 Å². The highest BCUT2D eigenvalue weighted by Gasteiger charge is 2.50. The molecule has 2 saturated carbocycles. The van der Waals surface area contributed by atoms with Gasteiger partial charge < -0.3 is 4.74 Å². The average molecular weight is 343 g/mol. The molecule has 2 fully saturated rings. The summed E-state index contributed by atoms with van der Waals surface area (Å²) >= 11 is 3.56. The third-order valence-electron chi connectivity index (χ3n) is 5.90. The summed E-state index contributed by atoms with van der Waals surface area (Å²) in [5.41, 5.74) is 2.05. The molecular weight excluding hydrogens is 316 g/mol. The number of ether oxygens (including phenoxy) is 1. The van der Waals surface area contributed by atoms with Gasteiger partial charge in [-0.25, -0.2) is 0 Å². The maximum absolute atomic E-state index is 11.4. The van der Waals surface area contributed by atoms with Gasteiger partial charge in [-0.1, -0.05) is 35.4 Å². The minimum Gasteiger partial charge on any atom is -0.469 e. The summed E-state index contributed by atoms with van der Waals surface area (Å²) in [6.07, 6.45) is 8.08. The Kier molecular flexibility index (Phi) is 5.33. The number of hydrogen-bond acceptors (Lipinski definition) is 2. The smallest absolute Gasteiger partial charge is 0.305 e. The Labute approximate surface area is 131 Å². The van der Waals surface area contributed by atoms with Gasteiger partial charge in [-0.15, -0.1) is 0 Å². The van der Waals surface area contributed by atoms with E-state index < -0.39 is 0 Å². The van der Waals surface area contributed by atoms with E-state index in [4.69, 9.17) is 4.74 Å². The van der Waals surface area contributed by atoms with Crippen LogP contribution >= 0.6 is 15.9 Å². The second-order valence-corrected chi connectivity index (χ2v) is 7.33. The summed E-state index contributed by atoms with van der Waals surface area (Å²) in [5.74, 6) is 2.04. The molecule has 2 nitrogen and oxygen atoms in total. The van der Waals surface area contributed by atoms with E-state index in [2.05, 4.69) is 34.8 Å². The zero-order chi connectivity index (χ0) is 14.8. The number of hydrogen-bond donors (Lipinski definition) is 0. The fourth-order valence-corrected chi connectivity index (χ4v) is 5.34. The van der Waals surface area contributed by atoms with Crippen LogP contribution in [0.2, 0.25) is 0 Å². The lowest BCUT2D eigenvalue weighted by atomic mass is 9.61. The van der Waals surface area contributed by atoms with Crippen molar-refractivity contribution in [3.05, 3.63) is 10.6 Å². The van der Waals surface area contributed by atoms with Crippen LogP contribution in [0.1, 0.15) is 58.8 Å². The number of fused-ring (bicyclic) bond motifs is 1. The first-order valence-corrected chi connectivity index (χ1v) is 8.80. The van der Waals surface area contributed by atoms with E-state index in [1.165, 1.54) is 39.2 Å². The number of rotatable bonds is 4. The number of carbonyl (C=O) groups is 1. The molecule has 0 heterocycles. The first-order chi connectivity index (χ1) is 9.52. The highest BCUT2D eigenvalue weighted by molar-refractivity contribution is 9.11. The molecule has 0 aromatic heterocycles. The predicted molar refractivity (Wildman–Crippen MR) is 85.6 cm³/mol. The maximum Gasteiger partial charge on any atom is 0.305 e. The quantitative estimate of drug-likeness (QED) is 0.666. The second-order valence-electron chi connectivity index (χ2n) is 6.87. The molecule has 1 unspecified atom stereocenters. The van der Waals surface area contributed by atoms with Crippen LogP contribution in [-0.2, 0) is 9.53 Å². The Balaban J connectivity index is 2.04. The molecule has 2 rings (SSSR count). The van der Waals surface area contributed by atoms with E-state index in [-0.39, 0.29) is 5.97 Å². The molecule has 2 aliphatic carbocycles. The number of methoxy groups -OCH3 is 1. The molecule has 0 aromatic carbocycles. The summed E-state index contributed by atoms with van der Waals surface area (Å²) in [5, 5.41) is 0. The molecule has 0 aromatic rings. The van der Waals surface area contributed by atoms with Gasteiger partial charge in [0, 0.05) is 6.42 Å². The van der Waals surface area contributed by atoms with Crippen LogP contribution in [0.25, 0.3) is 0 Å². The molecule has 0 aliphatic heterocycles. The SMILES string of the molecule is COC(=O)CC[C@@H](C)[C@H]1CCC2C(=CBr)CCC[C@@]21C. The molecule has 0 spiro atoms. The maximum atomic E-state index is 11.4. The Morgan fingerprint density at radius 3 is 2.95 bits per heavy atom. The standard InChI is InChI=1S/C17H27BrO2/c1-12(6-9-16(19)20-3)14-7-8-15-13(11-18)5-4-10-17(14,15)2/h11-12,14-15H,4-10H2,1-3H3/t12-,14-,15?,17-/m1/s1. The van der Waals surface area contributed by atoms with Gasteiger partial charge in [0.05, 0.1) is 7.11 Å². The molecular formula is C17H27BrO2. The van der Waals surface area contributed by atoms with Gasteiger partial charge in [-0.05, 0) is 66.7 Å². The molecule has 0 radical (unpaired) electrons. The van der Waals surface area contributed by atoms with E-state index in [9.17, 15) is 4.79 Å². The van der Waals surface area contributed by atoms with Gasteiger partial charge in [-0.3, -0.25) is 4.79 Å². The van der Waals surface area contributed by atoms with Gasteiger partial charge in [0.15, 0.2) is 0 Å². The number of esters is 1. The van der Waals surface area contributed by atoms with Gasteiger partial charge in [0.2, 0.25) is 0 Å². The van der Waals surface area contributed by atoms with Crippen LogP contribution in [0.5, 0.6) is 0 Å². The van der Waals surface area contributed by atoms with Crippen molar-refractivity contribution in [3.63, 3.8) is 0 Å². The predicted octanol–water partition coefficient (Wildman–Crippen LogP) is 5.07. The number of allylic oxidation sites excluding steroid dienone is 1. The van der Waals surface area contributed by atoms with Crippen molar-refractivity contribution in [2.24, 2.45) is 23.2 Å². The van der Waals surface area contributed by atoms with Crippen LogP contribution in [0.15, 0.2) is 10.6 Å². The summed E-state index contributed by atoms with van der Waals surface area (Å²) in [7, 11) is 1.48. The summed E-state index contributed by atoms with van der Waals surface area (Å²) in [4.78, 5) is 13.5. The zero-order valence-electron chi connectivity index (χ0n) is 13.0. The minimum absolute atomic E-state index is 0.0683. The molecule has 0 saturated heterocycles. The minimum atomic E-state index is -0.0683. The highest BCUT2D eigenvalue weighted by atomic mass is 79.9. The van der Waals surface area contributed by atoms with E-state index in [0.717, 1.165) is 18.3 Å². The van der Waals surface area contributed by atoms with E-state index in [1.807, 2.05) is 0 Å². The first kappa shape index (κ1) is 16.1. The lowest BCUT2D eigenvalue weighted by Gasteiger charge is -2.44. The lowest BCUT2D eigenvalue weighted by molar-refractivity contribution is -0.141. The van der Waals surface area contributed by atoms with Crippen molar-refractivity contribution in [1.29, 1.82) is 0 Å². The van der Waals surface area contributed by atoms with E-state index in [0.29, 0.717) is 17.8 Å². The van der Waals surface area contributed by atoms with Crippen molar-refractivity contribution in [1.82, 2.24) is 0 Å². The molecule has 0 N–H and O–H groups in total. The monoisotopic (exact) mass is 342 g/mol. The van der Waals surface area contributed by atoms with E-state index in [1.54, 1.807) is 5.57 Å². The van der Waals surface area contributed by atoms with Gasteiger partial charge in [0.1, 0.15) is 0 Å². The van der Waals surface area contributed by atoms with Gasteiger partial charge in [-0.2, -0.15) is 0 Å². The van der Waals surface area contributed by atoms with Crippen molar-refractivity contribution in [3.8, 4) is 0 Å². The topological polar surface area (TPSA) is 26.3 Å². The highest BCUT2D eigenvalue weighted by Crippen LogP contribution is 2.59. The molecule has 114 valence electrons. The summed E-state index contributed by atoms with van der Waals surface area (Å²) in [6.45, 7) is 4.81. The molecule has 0 bridgehead atoms. The Morgan fingerprint density at radius 2 is 2.30 bits per heavy atom. The zero-order valence-corrected chi connectivity index (χ0v) is 14.5. The lowest BCUT2D eigenvalue weighted by Crippen LogP contribution is -2.36. The van der Waals surface area contributed by atoms with Crippen LogP contribution in [0.4, 0.5) is 0 Å². The molecule has 2 aliphatic rings. The first-order valence-electron chi connectivity index (χ1n) is 7.89. The van der Waals surface area contributed by atoms with Crippen LogP contribution in [0.3, 0.4) is 0 Å². The number of halogens is 1. The third-order valence-corrected chi connectivity index (χ3v) is 6.48. The Morgan fingerprint density at radius 1 is 1.55 bits per heavy atom. The molecule has 0 amide bonds. The summed E-state index contributed by atoms with van der Waals surface area (Å²) in [6, 6.07) is 0. The molecule has 3 heteroatoms. The van der Waals surface area contributed by atoms with Gasteiger partial charge in [0.25, 0.3) is 0 Å². The molecule has 4 atom stereocenters. The van der Waals surface area contributed by atoms with Crippen molar-refractivity contribution in [2.45, 2.75) is 58.8 Å². The Hall–Kier alpha value is -0.310. The van der Waals surface area contributed by atoms with Crippen LogP contribution in [0, 0.1) is 23.2 Å². The van der Waals surface area contributed by atoms with Gasteiger partial charge >= 0.3 is 5.97 Å². The van der Waals surface area contributed by atoms with Crippen molar-refractivity contribution >= 4 is 21.9 Å². The normalized spacial score (nSPS) is 36.7. The van der Waals surface area contributed by atoms with Crippen molar-refractivity contribution in [2.75, 3.05) is 7.11 Å². The van der Waals surface area contributed by atoms with E-state index >= 15 is 0 Å². The largest absolute Gasteiger partial charge is 0.469 e. The fourth-order valence-electron chi connectivity index (χ4n) is 4.79.